The number of aromatic nitrogens is 2. The molecule has 1 aromatic heterocycles. The van der Waals surface area contributed by atoms with Crippen molar-refractivity contribution in [3.05, 3.63) is 17.0 Å². The van der Waals surface area contributed by atoms with Crippen LogP contribution in [0.2, 0.25) is 0 Å². The van der Waals surface area contributed by atoms with Gasteiger partial charge in [-0.25, -0.2) is 4.79 Å². The van der Waals surface area contributed by atoms with Crippen LogP contribution >= 0.6 is 0 Å². The highest BCUT2D eigenvalue weighted by molar-refractivity contribution is 5.95. The van der Waals surface area contributed by atoms with Crippen LogP contribution in [0.5, 0.6) is 0 Å². The van der Waals surface area contributed by atoms with Crippen LogP contribution in [0.4, 0.5) is 4.79 Å². The molecule has 1 aromatic rings. The Morgan fingerprint density at radius 3 is 3.00 bits per heavy atom. The van der Waals surface area contributed by atoms with Gasteiger partial charge in [-0.05, 0) is 6.92 Å². The van der Waals surface area contributed by atoms with Gasteiger partial charge in [-0.2, -0.15) is 5.10 Å². The smallest absolute Gasteiger partial charge is 0.315 e. The number of hydrogen-bond donors (Lipinski definition) is 2. The van der Waals surface area contributed by atoms with Gasteiger partial charge >= 0.3 is 6.03 Å². The highest BCUT2D eigenvalue weighted by atomic mass is 16.2. The summed E-state index contributed by atoms with van der Waals surface area (Å²) < 4.78 is 1.74. The number of primary amides is 1. The minimum Gasteiger partial charge on any atom is -0.351 e. The summed E-state index contributed by atoms with van der Waals surface area (Å²) >= 11 is 0. The summed E-state index contributed by atoms with van der Waals surface area (Å²) in [5.41, 5.74) is 7.69. The van der Waals surface area contributed by atoms with Gasteiger partial charge in [0.05, 0.1) is 18.3 Å². The molecule has 3 heterocycles. The topological polar surface area (TPSA) is 93.2 Å². The predicted molar refractivity (Wildman–Crippen MR) is 63.0 cm³/mol. The molecule has 1 unspecified atom stereocenters. The van der Waals surface area contributed by atoms with Crippen molar-refractivity contribution in [1.82, 2.24) is 20.0 Å². The first-order valence-corrected chi connectivity index (χ1v) is 6.03. The van der Waals surface area contributed by atoms with E-state index in [1.54, 1.807) is 9.58 Å². The van der Waals surface area contributed by atoms with Crippen molar-refractivity contribution in [1.29, 1.82) is 0 Å². The Morgan fingerprint density at radius 2 is 2.28 bits per heavy atom. The Labute approximate surface area is 104 Å². The Morgan fingerprint density at radius 1 is 1.50 bits per heavy atom. The van der Waals surface area contributed by atoms with Crippen molar-refractivity contribution < 1.29 is 9.59 Å². The van der Waals surface area contributed by atoms with Gasteiger partial charge < -0.3 is 16.0 Å². The van der Waals surface area contributed by atoms with Crippen LogP contribution in [0.25, 0.3) is 0 Å². The lowest BCUT2D eigenvalue weighted by molar-refractivity contribution is 0.0920. The average Bonchev–Trinajstić information content (AvgIpc) is 2.69. The van der Waals surface area contributed by atoms with Gasteiger partial charge in [-0.1, -0.05) is 0 Å². The fourth-order valence-electron chi connectivity index (χ4n) is 2.79. The van der Waals surface area contributed by atoms with Crippen molar-refractivity contribution in [3.8, 4) is 0 Å². The third kappa shape index (κ3) is 1.40. The molecule has 0 fully saturated rings. The standard InChI is InChI=1S/C11H15N5O2/c1-6-8-7(2-4-15(6)11(12)18)14-16-5-3-13-10(17)9(8)16/h6H,2-5H2,1H3,(H2,12,18)(H,13,17). The summed E-state index contributed by atoms with van der Waals surface area (Å²) in [6.45, 7) is 3.71. The summed E-state index contributed by atoms with van der Waals surface area (Å²) in [5, 5.41) is 7.27. The first-order valence-electron chi connectivity index (χ1n) is 6.03. The highest BCUT2D eigenvalue weighted by Crippen LogP contribution is 2.32. The van der Waals surface area contributed by atoms with Crippen LogP contribution in [0.15, 0.2) is 0 Å². The molecule has 3 N–H and O–H groups in total. The maximum atomic E-state index is 11.9. The zero-order chi connectivity index (χ0) is 12.9. The molecule has 2 aliphatic heterocycles. The summed E-state index contributed by atoms with van der Waals surface area (Å²) in [6.07, 6.45) is 0.649. The van der Waals surface area contributed by atoms with E-state index in [0.29, 0.717) is 31.7 Å². The molecular weight excluding hydrogens is 234 g/mol. The second-order valence-corrected chi connectivity index (χ2v) is 4.65. The maximum absolute atomic E-state index is 11.9. The number of fused-ring (bicyclic) bond motifs is 3. The molecule has 0 saturated heterocycles. The van der Waals surface area contributed by atoms with Crippen LogP contribution in [0.3, 0.4) is 0 Å². The van der Waals surface area contributed by atoms with Crippen molar-refractivity contribution in [2.45, 2.75) is 25.9 Å². The second-order valence-electron chi connectivity index (χ2n) is 4.65. The lowest BCUT2D eigenvalue weighted by Gasteiger charge is -2.32. The van der Waals surface area contributed by atoms with Crippen LogP contribution in [-0.4, -0.2) is 39.7 Å². The molecule has 96 valence electrons. The molecular formula is C11H15N5O2. The van der Waals surface area contributed by atoms with E-state index in [9.17, 15) is 9.59 Å². The summed E-state index contributed by atoms with van der Waals surface area (Å²) in [5.74, 6) is -0.117. The first-order chi connectivity index (χ1) is 8.59. The minimum atomic E-state index is -0.454. The third-order valence-electron chi connectivity index (χ3n) is 3.65. The van der Waals surface area contributed by atoms with E-state index >= 15 is 0 Å². The summed E-state index contributed by atoms with van der Waals surface area (Å²) in [4.78, 5) is 24.9. The number of nitrogens with two attached hydrogens (primary N) is 1. The molecule has 0 aromatic carbocycles. The van der Waals surface area contributed by atoms with Gasteiger partial charge in [-0.3, -0.25) is 9.48 Å². The molecule has 1 atom stereocenters. The van der Waals surface area contributed by atoms with E-state index in [1.807, 2.05) is 6.92 Å². The van der Waals surface area contributed by atoms with E-state index in [1.165, 1.54) is 0 Å². The van der Waals surface area contributed by atoms with E-state index in [0.717, 1.165) is 11.3 Å². The predicted octanol–water partition coefficient (Wildman–Crippen LogP) is -0.376. The second kappa shape index (κ2) is 3.72. The molecule has 0 aliphatic carbocycles. The molecule has 0 radical (unpaired) electrons. The highest BCUT2D eigenvalue weighted by Gasteiger charge is 2.35. The van der Waals surface area contributed by atoms with E-state index in [2.05, 4.69) is 10.4 Å². The third-order valence-corrected chi connectivity index (χ3v) is 3.65. The maximum Gasteiger partial charge on any atom is 0.315 e. The largest absolute Gasteiger partial charge is 0.351 e. The number of carbonyl (C=O) groups excluding carboxylic acids is 2. The van der Waals surface area contributed by atoms with Crippen molar-refractivity contribution in [2.75, 3.05) is 13.1 Å². The Bertz CT molecular complexity index is 536. The van der Waals surface area contributed by atoms with E-state index in [4.69, 9.17) is 5.73 Å². The monoisotopic (exact) mass is 249 g/mol. The van der Waals surface area contributed by atoms with Gasteiger partial charge in [0, 0.05) is 25.1 Å². The fraction of sp³-hybridized carbons (Fsp3) is 0.545. The molecule has 7 nitrogen and oxygen atoms in total. The number of carbonyl (C=O) groups is 2. The molecule has 0 saturated carbocycles. The van der Waals surface area contributed by atoms with Crippen LogP contribution in [0.1, 0.15) is 34.7 Å². The quantitative estimate of drug-likeness (QED) is 0.656. The Balaban J connectivity index is 2.11. The van der Waals surface area contributed by atoms with Crippen LogP contribution in [0, 0.1) is 0 Å². The lowest BCUT2D eigenvalue weighted by atomic mass is 9.97. The van der Waals surface area contributed by atoms with Gasteiger partial charge in [0.1, 0.15) is 5.69 Å². The molecule has 2 aliphatic rings. The SMILES string of the molecule is CC1c2c(nn3c2C(=O)NCC3)CCN1C(N)=O. The fourth-order valence-corrected chi connectivity index (χ4v) is 2.79. The van der Waals surface area contributed by atoms with Crippen molar-refractivity contribution in [2.24, 2.45) is 5.73 Å². The zero-order valence-corrected chi connectivity index (χ0v) is 10.1. The van der Waals surface area contributed by atoms with Gasteiger partial charge in [0.2, 0.25) is 0 Å². The molecule has 0 bridgehead atoms. The normalized spacial score (nSPS) is 22.2. The van der Waals surface area contributed by atoms with Gasteiger partial charge in [0.25, 0.3) is 5.91 Å². The van der Waals surface area contributed by atoms with Gasteiger partial charge in [0.15, 0.2) is 0 Å². The number of amides is 3. The lowest BCUT2D eigenvalue weighted by Crippen LogP contribution is -2.43. The number of nitrogens with one attached hydrogen (secondary N) is 1. The van der Waals surface area contributed by atoms with Crippen molar-refractivity contribution in [3.63, 3.8) is 0 Å². The summed E-state index contributed by atoms with van der Waals surface area (Å²) in [7, 11) is 0. The number of urea groups is 1. The Hall–Kier alpha value is -2.05. The van der Waals surface area contributed by atoms with E-state index < -0.39 is 6.03 Å². The summed E-state index contributed by atoms with van der Waals surface area (Å²) in [6, 6.07) is -0.650. The molecule has 18 heavy (non-hydrogen) atoms. The Kier molecular flexibility index (Phi) is 2.29. The van der Waals surface area contributed by atoms with Crippen molar-refractivity contribution >= 4 is 11.9 Å². The van der Waals surface area contributed by atoms with Crippen LogP contribution < -0.4 is 11.1 Å². The van der Waals surface area contributed by atoms with Gasteiger partial charge in [-0.15, -0.1) is 0 Å². The van der Waals surface area contributed by atoms with E-state index in [-0.39, 0.29) is 11.9 Å². The molecule has 0 spiro atoms. The zero-order valence-electron chi connectivity index (χ0n) is 10.1. The van der Waals surface area contributed by atoms with Crippen LogP contribution in [-0.2, 0) is 13.0 Å². The first kappa shape index (κ1) is 11.1. The molecule has 7 heteroatoms. The molecule has 3 amide bonds. The minimum absolute atomic E-state index is 0.117. The molecule has 3 rings (SSSR count). The number of nitrogens with zero attached hydrogens (tertiary/aromatic N) is 3. The number of rotatable bonds is 0. The average molecular weight is 249 g/mol. The number of hydrogen-bond acceptors (Lipinski definition) is 3.